The summed E-state index contributed by atoms with van der Waals surface area (Å²) in [5, 5.41) is 3.98. The monoisotopic (exact) mass is 214 g/mol. The van der Waals surface area contributed by atoms with Gasteiger partial charge in [-0.05, 0) is 36.8 Å². The Kier molecular flexibility index (Phi) is 3.51. The zero-order chi connectivity index (χ0) is 9.84. The van der Waals surface area contributed by atoms with Gasteiger partial charge in [0, 0.05) is 5.02 Å². The minimum atomic E-state index is 0.120. The number of benzene rings is 1. The van der Waals surface area contributed by atoms with Gasteiger partial charge in [0.25, 0.3) is 0 Å². The number of nitrogens with one attached hydrogen (secondary N) is 1. The van der Waals surface area contributed by atoms with E-state index < -0.39 is 0 Å². The van der Waals surface area contributed by atoms with Crippen molar-refractivity contribution in [3.05, 3.63) is 34.9 Å². The number of thiocarbonyl (C=S) groups is 1. The standard InChI is InChI=1S/C9H11ClN2S/c1-6(12-9(11)13)7-2-4-8(10)5-3-7/h2-6H,1H3,(H3,11,12,13)/t6-/m0/s1. The van der Waals surface area contributed by atoms with E-state index in [1.165, 1.54) is 0 Å². The Labute approximate surface area is 88.1 Å². The van der Waals surface area contributed by atoms with Crippen molar-refractivity contribution in [2.45, 2.75) is 13.0 Å². The van der Waals surface area contributed by atoms with E-state index >= 15 is 0 Å². The molecule has 1 atom stereocenters. The van der Waals surface area contributed by atoms with Crippen molar-refractivity contribution in [3.63, 3.8) is 0 Å². The summed E-state index contributed by atoms with van der Waals surface area (Å²) in [6, 6.07) is 7.69. The summed E-state index contributed by atoms with van der Waals surface area (Å²) in [5.74, 6) is 0. The summed E-state index contributed by atoms with van der Waals surface area (Å²) in [6.45, 7) is 1.99. The predicted octanol–water partition coefficient (Wildman–Crippen LogP) is 2.23. The normalized spacial score (nSPS) is 12.2. The van der Waals surface area contributed by atoms with E-state index in [1.54, 1.807) is 0 Å². The number of nitrogens with two attached hydrogens (primary N) is 1. The Bertz CT molecular complexity index is 297. The Hall–Kier alpha value is -0.800. The van der Waals surface area contributed by atoms with Gasteiger partial charge in [0.15, 0.2) is 5.11 Å². The minimum Gasteiger partial charge on any atom is -0.376 e. The molecule has 0 saturated heterocycles. The van der Waals surface area contributed by atoms with E-state index in [0.29, 0.717) is 5.11 Å². The van der Waals surface area contributed by atoms with E-state index in [0.717, 1.165) is 10.6 Å². The lowest BCUT2D eigenvalue weighted by Gasteiger charge is -2.13. The Morgan fingerprint density at radius 3 is 2.46 bits per heavy atom. The summed E-state index contributed by atoms with van der Waals surface area (Å²) in [7, 11) is 0. The first-order chi connectivity index (χ1) is 6.09. The maximum atomic E-state index is 5.75. The van der Waals surface area contributed by atoms with Crippen LogP contribution < -0.4 is 11.1 Å². The van der Waals surface area contributed by atoms with Gasteiger partial charge >= 0.3 is 0 Å². The van der Waals surface area contributed by atoms with Gasteiger partial charge in [-0.1, -0.05) is 23.7 Å². The molecule has 1 aromatic carbocycles. The molecule has 1 rings (SSSR count). The highest BCUT2D eigenvalue weighted by atomic mass is 35.5. The molecule has 0 aromatic heterocycles. The predicted molar refractivity (Wildman–Crippen MR) is 59.8 cm³/mol. The zero-order valence-electron chi connectivity index (χ0n) is 7.25. The lowest BCUT2D eigenvalue weighted by Crippen LogP contribution is -2.31. The first-order valence-corrected chi connectivity index (χ1v) is 4.69. The molecule has 0 aliphatic heterocycles. The second-order valence-corrected chi connectivity index (χ2v) is 3.66. The van der Waals surface area contributed by atoms with E-state index in [2.05, 4.69) is 5.32 Å². The molecule has 3 N–H and O–H groups in total. The average Bonchev–Trinajstić information content (AvgIpc) is 2.04. The van der Waals surface area contributed by atoms with E-state index in [-0.39, 0.29) is 6.04 Å². The minimum absolute atomic E-state index is 0.120. The third-order valence-corrected chi connectivity index (χ3v) is 2.10. The first-order valence-electron chi connectivity index (χ1n) is 3.91. The molecule has 0 spiro atoms. The van der Waals surface area contributed by atoms with Crippen LogP contribution in [-0.2, 0) is 0 Å². The highest BCUT2D eigenvalue weighted by Crippen LogP contribution is 2.15. The molecular formula is C9H11ClN2S. The number of hydrogen-bond acceptors (Lipinski definition) is 1. The molecular weight excluding hydrogens is 204 g/mol. The summed E-state index contributed by atoms with van der Waals surface area (Å²) in [5.41, 5.74) is 6.46. The fourth-order valence-corrected chi connectivity index (χ4v) is 1.35. The maximum absolute atomic E-state index is 5.75. The molecule has 0 saturated carbocycles. The van der Waals surface area contributed by atoms with E-state index in [4.69, 9.17) is 29.6 Å². The summed E-state index contributed by atoms with van der Waals surface area (Å²) in [6.07, 6.45) is 0. The van der Waals surface area contributed by atoms with Gasteiger partial charge in [-0.15, -0.1) is 0 Å². The van der Waals surface area contributed by atoms with Crippen LogP contribution in [0.3, 0.4) is 0 Å². The summed E-state index contributed by atoms with van der Waals surface area (Å²) in [4.78, 5) is 0. The molecule has 0 unspecified atom stereocenters. The van der Waals surface area contributed by atoms with Gasteiger partial charge in [0.2, 0.25) is 0 Å². The van der Waals surface area contributed by atoms with Crippen molar-refractivity contribution in [2.75, 3.05) is 0 Å². The van der Waals surface area contributed by atoms with Gasteiger partial charge in [0.05, 0.1) is 6.04 Å². The zero-order valence-corrected chi connectivity index (χ0v) is 8.82. The van der Waals surface area contributed by atoms with Gasteiger partial charge < -0.3 is 11.1 Å². The third kappa shape index (κ3) is 3.20. The van der Waals surface area contributed by atoms with Crippen molar-refractivity contribution < 1.29 is 0 Å². The second kappa shape index (κ2) is 4.44. The Morgan fingerprint density at radius 1 is 1.46 bits per heavy atom. The molecule has 0 aliphatic carbocycles. The molecule has 0 fully saturated rings. The van der Waals surface area contributed by atoms with Crippen LogP contribution in [0.2, 0.25) is 5.02 Å². The molecule has 4 heteroatoms. The number of halogens is 1. The maximum Gasteiger partial charge on any atom is 0.164 e. The second-order valence-electron chi connectivity index (χ2n) is 2.78. The number of hydrogen-bond donors (Lipinski definition) is 2. The lowest BCUT2D eigenvalue weighted by atomic mass is 10.1. The van der Waals surface area contributed by atoms with Crippen LogP contribution in [0.1, 0.15) is 18.5 Å². The first kappa shape index (κ1) is 10.3. The van der Waals surface area contributed by atoms with Crippen LogP contribution >= 0.6 is 23.8 Å². The van der Waals surface area contributed by atoms with Gasteiger partial charge in [-0.25, -0.2) is 0 Å². The van der Waals surface area contributed by atoms with Crippen molar-refractivity contribution in [3.8, 4) is 0 Å². The van der Waals surface area contributed by atoms with Crippen LogP contribution in [0, 0.1) is 0 Å². The summed E-state index contributed by atoms with van der Waals surface area (Å²) >= 11 is 10.5. The van der Waals surface area contributed by atoms with Crippen LogP contribution in [-0.4, -0.2) is 5.11 Å². The van der Waals surface area contributed by atoms with Crippen molar-refractivity contribution in [2.24, 2.45) is 5.73 Å². The quantitative estimate of drug-likeness (QED) is 0.742. The fourth-order valence-electron chi connectivity index (χ4n) is 1.05. The molecule has 0 radical (unpaired) electrons. The van der Waals surface area contributed by atoms with Crippen molar-refractivity contribution >= 4 is 28.9 Å². The average molecular weight is 215 g/mol. The van der Waals surface area contributed by atoms with Crippen molar-refractivity contribution in [1.82, 2.24) is 5.32 Å². The highest BCUT2D eigenvalue weighted by Gasteiger charge is 2.03. The van der Waals surface area contributed by atoms with E-state index in [9.17, 15) is 0 Å². The summed E-state index contributed by atoms with van der Waals surface area (Å²) < 4.78 is 0. The Balaban J connectivity index is 2.71. The van der Waals surface area contributed by atoms with Crippen LogP contribution in [0.15, 0.2) is 24.3 Å². The number of rotatable bonds is 2. The third-order valence-electron chi connectivity index (χ3n) is 1.73. The SMILES string of the molecule is C[C@H](NC(N)=S)c1ccc(Cl)cc1. The topological polar surface area (TPSA) is 38.0 Å². The smallest absolute Gasteiger partial charge is 0.164 e. The molecule has 13 heavy (non-hydrogen) atoms. The van der Waals surface area contributed by atoms with E-state index in [1.807, 2.05) is 31.2 Å². The largest absolute Gasteiger partial charge is 0.376 e. The van der Waals surface area contributed by atoms with Crippen molar-refractivity contribution in [1.29, 1.82) is 0 Å². The lowest BCUT2D eigenvalue weighted by molar-refractivity contribution is 0.720. The molecule has 0 heterocycles. The van der Waals surface area contributed by atoms with Crippen LogP contribution in [0.25, 0.3) is 0 Å². The molecule has 0 bridgehead atoms. The van der Waals surface area contributed by atoms with Gasteiger partial charge in [-0.2, -0.15) is 0 Å². The van der Waals surface area contributed by atoms with Crippen LogP contribution in [0.5, 0.6) is 0 Å². The highest BCUT2D eigenvalue weighted by molar-refractivity contribution is 7.80. The fraction of sp³-hybridized carbons (Fsp3) is 0.222. The molecule has 70 valence electrons. The van der Waals surface area contributed by atoms with Gasteiger partial charge in [-0.3, -0.25) is 0 Å². The molecule has 0 amide bonds. The molecule has 0 aliphatic rings. The Morgan fingerprint density at radius 2 is 2.00 bits per heavy atom. The molecule has 1 aromatic rings. The van der Waals surface area contributed by atoms with Gasteiger partial charge in [0.1, 0.15) is 0 Å². The van der Waals surface area contributed by atoms with Crippen LogP contribution in [0.4, 0.5) is 0 Å². The molecule has 2 nitrogen and oxygen atoms in total.